The number of ether oxygens (including phenoxy) is 3. The van der Waals surface area contributed by atoms with Crippen molar-refractivity contribution in [1.29, 1.82) is 0 Å². The lowest BCUT2D eigenvalue weighted by molar-refractivity contribution is -0.00794. The van der Waals surface area contributed by atoms with Crippen LogP contribution in [0.15, 0.2) is 18.2 Å². The molecule has 2 heterocycles. The quantitative estimate of drug-likeness (QED) is 0.850. The van der Waals surface area contributed by atoms with Crippen molar-refractivity contribution in [3.05, 3.63) is 23.8 Å². The predicted octanol–water partition coefficient (Wildman–Crippen LogP) is 0.575. The topological polar surface area (TPSA) is 57.0 Å². The Bertz CT molecular complexity index is 425. The minimum absolute atomic E-state index is 0.309. The third-order valence-corrected chi connectivity index (χ3v) is 3.44. The molecule has 0 aliphatic carbocycles. The largest absolute Gasteiger partial charge is 0.454 e. The normalized spacial score (nSPS) is 23.3. The predicted molar refractivity (Wildman–Crippen MR) is 66.6 cm³/mol. The summed E-state index contributed by atoms with van der Waals surface area (Å²) in [4.78, 5) is 2.36. The van der Waals surface area contributed by atoms with Crippen molar-refractivity contribution in [2.75, 3.05) is 33.1 Å². The molecular formula is C13H18N2O3. The highest BCUT2D eigenvalue weighted by molar-refractivity contribution is 5.44. The first-order valence-corrected chi connectivity index (χ1v) is 6.27. The van der Waals surface area contributed by atoms with Crippen LogP contribution in [0.2, 0.25) is 0 Å². The zero-order valence-electron chi connectivity index (χ0n) is 10.3. The van der Waals surface area contributed by atoms with Crippen molar-refractivity contribution >= 4 is 0 Å². The van der Waals surface area contributed by atoms with Gasteiger partial charge in [0.05, 0.1) is 13.2 Å². The fourth-order valence-corrected chi connectivity index (χ4v) is 2.39. The number of rotatable bonds is 3. The fraction of sp³-hybridized carbons (Fsp3) is 0.538. The SMILES string of the molecule is NCC1COCCN1Cc1ccc2c(c1)OCO2. The molecule has 1 fully saturated rings. The van der Waals surface area contributed by atoms with Crippen molar-refractivity contribution in [3.63, 3.8) is 0 Å². The molecule has 1 saturated heterocycles. The molecule has 2 aliphatic rings. The molecule has 0 radical (unpaired) electrons. The summed E-state index contributed by atoms with van der Waals surface area (Å²) >= 11 is 0. The van der Waals surface area contributed by atoms with Crippen LogP contribution in [-0.2, 0) is 11.3 Å². The molecule has 2 N–H and O–H groups in total. The molecule has 98 valence electrons. The summed E-state index contributed by atoms with van der Waals surface area (Å²) in [5, 5.41) is 0. The molecular weight excluding hydrogens is 232 g/mol. The highest BCUT2D eigenvalue weighted by atomic mass is 16.7. The summed E-state index contributed by atoms with van der Waals surface area (Å²) in [6.45, 7) is 4.26. The number of hydrogen-bond acceptors (Lipinski definition) is 5. The van der Waals surface area contributed by atoms with Gasteiger partial charge in [0.2, 0.25) is 6.79 Å². The summed E-state index contributed by atoms with van der Waals surface area (Å²) in [7, 11) is 0. The minimum atomic E-state index is 0.309. The maximum Gasteiger partial charge on any atom is 0.231 e. The van der Waals surface area contributed by atoms with E-state index in [1.165, 1.54) is 5.56 Å². The zero-order valence-corrected chi connectivity index (χ0v) is 10.3. The first kappa shape index (κ1) is 11.8. The van der Waals surface area contributed by atoms with E-state index in [4.69, 9.17) is 19.9 Å². The summed E-state index contributed by atoms with van der Waals surface area (Å²) in [6.07, 6.45) is 0. The van der Waals surface area contributed by atoms with E-state index < -0.39 is 0 Å². The highest BCUT2D eigenvalue weighted by Gasteiger charge is 2.22. The third-order valence-electron chi connectivity index (χ3n) is 3.44. The maximum absolute atomic E-state index is 5.77. The molecule has 0 bridgehead atoms. The van der Waals surface area contributed by atoms with Crippen LogP contribution in [-0.4, -0.2) is 44.0 Å². The second kappa shape index (κ2) is 5.14. The zero-order chi connectivity index (χ0) is 12.4. The van der Waals surface area contributed by atoms with Gasteiger partial charge in [-0.2, -0.15) is 0 Å². The Morgan fingerprint density at radius 1 is 1.28 bits per heavy atom. The second-order valence-electron chi connectivity index (χ2n) is 4.62. The Labute approximate surface area is 106 Å². The maximum atomic E-state index is 5.77. The van der Waals surface area contributed by atoms with Crippen LogP contribution in [0.3, 0.4) is 0 Å². The number of nitrogens with two attached hydrogens (primary N) is 1. The smallest absolute Gasteiger partial charge is 0.231 e. The lowest BCUT2D eigenvalue weighted by atomic mass is 10.1. The van der Waals surface area contributed by atoms with E-state index in [2.05, 4.69) is 11.0 Å². The van der Waals surface area contributed by atoms with Gasteiger partial charge in [0.15, 0.2) is 11.5 Å². The van der Waals surface area contributed by atoms with Crippen LogP contribution >= 0.6 is 0 Å². The van der Waals surface area contributed by atoms with E-state index in [1.54, 1.807) is 0 Å². The Kier molecular flexibility index (Phi) is 3.36. The van der Waals surface area contributed by atoms with Gasteiger partial charge in [-0.05, 0) is 17.7 Å². The van der Waals surface area contributed by atoms with Gasteiger partial charge >= 0.3 is 0 Å². The van der Waals surface area contributed by atoms with Crippen molar-refractivity contribution in [3.8, 4) is 11.5 Å². The van der Waals surface area contributed by atoms with Crippen molar-refractivity contribution in [2.45, 2.75) is 12.6 Å². The highest BCUT2D eigenvalue weighted by Crippen LogP contribution is 2.33. The van der Waals surface area contributed by atoms with Crippen LogP contribution in [0, 0.1) is 0 Å². The average molecular weight is 250 g/mol. The fourth-order valence-electron chi connectivity index (χ4n) is 2.39. The van der Waals surface area contributed by atoms with Crippen molar-refractivity contribution in [2.24, 2.45) is 5.73 Å². The third kappa shape index (κ3) is 2.29. The van der Waals surface area contributed by atoms with Gasteiger partial charge in [-0.3, -0.25) is 4.90 Å². The molecule has 2 aliphatic heterocycles. The number of nitrogens with zero attached hydrogens (tertiary/aromatic N) is 1. The average Bonchev–Trinajstić information content (AvgIpc) is 2.87. The second-order valence-corrected chi connectivity index (χ2v) is 4.62. The molecule has 18 heavy (non-hydrogen) atoms. The van der Waals surface area contributed by atoms with E-state index in [1.807, 2.05) is 12.1 Å². The van der Waals surface area contributed by atoms with Crippen LogP contribution in [0.4, 0.5) is 0 Å². The molecule has 1 aromatic carbocycles. The van der Waals surface area contributed by atoms with Gasteiger partial charge in [-0.15, -0.1) is 0 Å². The first-order valence-electron chi connectivity index (χ1n) is 6.27. The Morgan fingerprint density at radius 3 is 3.06 bits per heavy atom. The van der Waals surface area contributed by atoms with Crippen LogP contribution in [0.5, 0.6) is 11.5 Å². The Balaban J connectivity index is 1.71. The summed E-state index contributed by atoms with van der Waals surface area (Å²) < 4.78 is 16.1. The lowest BCUT2D eigenvalue weighted by Crippen LogP contribution is -2.48. The van der Waals surface area contributed by atoms with E-state index in [9.17, 15) is 0 Å². The first-order chi connectivity index (χ1) is 8.86. The Morgan fingerprint density at radius 2 is 2.17 bits per heavy atom. The van der Waals surface area contributed by atoms with E-state index >= 15 is 0 Å². The number of fused-ring (bicyclic) bond motifs is 1. The lowest BCUT2D eigenvalue weighted by Gasteiger charge is -2.34. The van der Waals surface area contributed by atoms with E-state index in [0.29, 0.717) is 19.4 Å². The van der Waals surface area contributed by atoms with Gasteiger partial charge in [0.1, 0.15) is 0 Å². The molecule has 5 nitrogen and oxygen atoms in total. The minimum Gasteiger partial charge on any atom is -0.454 e. The molecule has 0 aromatic heterocycles. The van der Waals surface area contributed by atoms with E-state index in [0.717, 1.165) is 37.8 Å². The summed E-state index contributed by atoms with van der Waals surface area (Å²) in [6, 6.07) is 6.40. The van der Waals surface area contributed by atoms with Crippen molar-refractivity contribution < 1.29 is 14.2 Å². The number of morpholine rings is 1. The van der Waals surface area contributed by atoms with Gasteiger partial charge < -0.3 is 19.9 Å². The summed E-state index contributed by atoms with van der Waals surface area (Å²) in [5.74, 6) is 1.67. The molecule has 1 aromatic rings. The molecule has 0 spiro atoms. The molecule has 5 heteroatoms. The molecule has 3 rings (SSSR count). The molecule has 0 amide bonds. The van der Waals surface area contributed by atoms with Crippen LogP contribution in [0.25, 0.3) is 0 Å². The Hall–Kier alpha value is -1.30. The van der Waals surface area contributed by atoms with Crippen LogP contribution < -0.4 is 15.2 Å². The number of benzene rings is 1. The van der Waals surface area contributed by atoms with Gasteiger partial charge in [0.25, 0.3) is 0 Å². The molecule has 0 saturated carbocycles. The standard InChI is InChI=1S/C13H18N2O3/c14-6-11-8-16-4-3-15(11)7-10-1-2-12-13(5-10)18-9-17-12/h1-2,5,11H,3-4,6-9,14H2. The number of hydrogen-bond donors (Lipinski definition) is 1. The monoisotopic (exact) mass is 250 g/mol. The van der Waals surface area contributed by atoms with Gasteiger partial charge in [-0.25, -0.2) is 0 Å². The van der Waals surface area contributed by atoms with Crippen LogP contribution in [0.1, 0.15) is 5.56 Å². The van der Waals surface area contributed by atoms with Gasteiger partial charge in [0, 0.05) is 25.7 Å². The molecule has 1 atom stereocenters. The van der Waals surface area contributed by atoms with Crippen molar-refractivity contribution in [1.82, 2.24) is 4.90 Å². The molecule has 1 unspecified atom stereocenters. The van der Waals surface area contributed by atoms with E-state index in [-0.39, 0.29) is 0 Å². The summed E-state index contributed by atoms with van der Waals surface area (Å²) in [5.41, 5.74) is 6.99. The van der Waals surface area contributed by atoms with Gasteiger partial charge in [-0.1, -0.05) is 6.07 Å².